The van der Waals surface area contributed by atoms with Crippen molar-refractivity contribution in [3.8, 4) is 5.75 Å². The average molecular weight is 511 g/mol. The van der Waals surface area contributed by atoms with Crippen molar-refractivity contribution in [3.63, 3.8) is 0 Å². The third-order valence-electron chi connectivity index (χ3n) is 5.70. The van der Waals surface area contributed by atoms with Crippen molar-refractivity contribution in [3.05, 3.63) is 103 Å². The number of benzene rings is 3. The van der Waals surface area contributed by atoms with Gasteiger partial charge in [0.2, 0.25) is 5.76 Å². The predicted molar refractivity (Wildman–Crippen MR) is 128 cm³/mol. The molecule has 0 bridgehead atoms. The number of carbonyl (C=O) groups is 1. The third-order valence-corrected chi connectivity index (χ3v) is 6.60. The summed E-state index contributed by atoms with van der Waals surface area (Å²) in [5, 5.41) is 0.946. The second-order valence-corrected chi connectivity index (χ2v) is 8.92. The van der Waals surface area contributed by atoms with Crippen LogP contribution in [0.25, 0.3) is 11.0 Å². The Morgan fingerprint density at radius 1 is 1.03 bits per heavy atom. The fraction of sp³-hybridized carbons (Fsp3) is 0.120. The summed E-state index contributed by atoms with van der Waals surface area (Å²) in [5.74, 6) is 0.336. The number of amides is 1. The van der Waals surface area contributed by atoms with Gasteiger partial charge in [0.25, 0.3) is 5.91 Å². The standard InChI is InChI=1S/C25H17BrClNO4/c1-13-3-7-16(12-19(13)27)28-22(14-4-8-17(31-2)9-5-14)21-23(29)18-11-15(26)6-10-20(18)32-24(21)25(28)30/h3-12,22H,1-2H3. The minimum absolute atomic E-state index is 0.0438. The number of nitrogens with zero attached hydrogens (tertiary/aromatic N) is 1. The first-order valence-corrected chi connectivity index (χ1v) is 11.1. The summed E-state index contributed by atoms with van der Waals surface area (Å²) in [7, 11) is 1.59. The lowest BCUT2D eigenvalue weighted by Gasteiger charge is -2.25. The molecule has 32 heavy (non-hydrogen) atoms. The molecule has 5 rings (SSSR count). The smallest absolute Gasteiger partial charge is 0.295 e. The van der Waals surface area contributed by atoms with Crippen LogP contribution in [0, 0.1) is 6.92 Å². The maximum atomic E-state index is 13.6. The molecule has 1 unspecified atom stereocenters. The van der Waals surface area contributed by atoms with E-state index in [2.05, 4.69) is 15.9 Å². The molecule has 1 aliphatic heterocycles. The van der Waals surface area contributed by atoms with Crippen LogP contribution in [-0.4, -0.2) is 13.0 Å². The van der Waals surface area contributed by atoms with Gasteiger partial charge in [-0.3, -0.25) is 14.5 Å². The van der Waals surface area contributed by atoms with Gasteiger partial charge < -0.3 is 9.15 Å². The van der Waals surface area contributed by atoms with Gasteiger partial charge in [-0.05, 0) is 60.5 Å². The van der Waals surface area contributed by atoms with Crippen LogP contribution in [0.2, 0.25) is 5.02 Å². The number of aryl methyl sites for hydroxylation is 1. The molecule has 160 valence electrons. The maximum Gasteiger partial charge on any atom is 0.295 e. The highest BCUT2D eigenvalue weighted by Crippen LogP contribution is 2.42. The molecule has 1 aliphatic rings. The van der Waals surface area contributed by atoms with Crippen molar-refractivity contribution in [1.82, 2.24) is 0 Å². The zero-order chi connectivity index (χ0) is 22.6. The molecule has 0 saturated carbocycles. The van der Waals surface area contributed by atoms with E-state index in [9.17, 15) is 9.59 Å². The Morgan fingerprint density at radius 2 is 1.78 bits per heavy atom. The zero-order valence-electron chi connectivity index (χ0n) is 17.2. The number of halogens is 2. The molecule has 2 heterocycles. The summed E-state index contributed by atoms with van der Waals surface area (Å²) in [6.07, 6.45) is 0. The molecule has 1 aromatic heterocycles. The van der Waals surface area contributed by atoms with E-state index >= 15 is 0 Å². The van der Waals surface area contributed by atoms with Crippen LogP contribution in [0.1, 0.15) is 33.3 Å². The van der Waals surface area contributed by atoms with E-state index in [1.165, 1.54) is 0 Å². The lowest BCUT2D eigenvalue weighted by molar-refractivity contribution is 0.0971. The summed E-state index contributed by atoms with van der Waals surface area (Å²) in [4.78, 5) is 28.8. The molecule has 0 fully saturated rings. The van der Waals surface area contributed by atoms with Crippen molar-refractivity contribution in [2.24, 2.45) is 0 Å². The van der Waals surface area contributed by atoms with E-state index in [-0.39, 0.29) is 17.1 Å². The first-order chi connectivity index (χ1) is 15.4. The molecule has 0 N–H and O–H groups in total. The summed E-state index contributed by atoms with van der Waals surface area (Å²) in [6.45, 7) is 1.89. The molecule has 5 nitrogen and oxygen atoms in total. The minimum Gasteiger partial charge on any atom is -0.497 e. The largest absolute Gasteiger partial charge is 0.497 e. The number of fused-ring (bicyclic) bond motifs is 2. The maximum absolute atomic E-state index is 13.6. The SMILES string of the molecule is COc1ccc(C2c3c(oc4ccc(Br)cc4c3=O)C(=O)N2c2ccc(C)c(Cl)c2)cc1. The van der Waals surface area contributed by atoms with Crippen LogP contribution >= 0.6 is 27.5 Å². The van der Waals surface area contributed by atoms with Crippen LogP contribution in [0.4, 0.5) is 5.69 Å². The van der Waals surface area contributed by atoms with Gasteiger partial charge in [0.15, 0.2) is 5.43 Å². The van der Waals surface area contributed by atoms with Crippen LogP contribution in [0.15, 0.2) is 74.3 Å². The highest BCUT2D eigenvalue weighted by Gasteiger charge is 2.43. The van der Waals surface area contributed by atoms with Crippen molar-refractivity contribution in [2.45, 2.75) is 13.0 Å². The number of carbonyl (C=O) groups excluding carboxylic acids is 1. The van der Waals surface area contributed by atoms with Crippen LogP contribution in [0.3, 0.4) is 0 Å². The number of rotatable bonds is 3. The van der Waals surface area contributed by atoms with Crippen LogP contribution < -0.4 is 15.1 Å². The average Bonchev–Trinajstić information content (AvgIpc) is 3.09. The van der Waals surface area contributed by atoms with Crippen molar-refractivity contribution >= 4 is 50.1 Å². The van der Waals surface area contributed by atoms with E-state index < -0.39 is 6.04 Å². The lowest BCUT2D eigenvalue weighted by Crippen LogP contribution is -2.29. The molecule has 0 spiro atoms. The van der Waals surface area contributed by atoms with Gasteiger partial charge in [0, 0.05) is 15.2 Å². The van der Waals surface area contributed by atoms with Gasteiger partial charge in [-0.25, -0.2) is 0 Å². The molecule has 0 aliphatic carbocycles. The van der Waals surface area contributed by atoms with Gasteiger partial charge >= 0.3 is 0 Å². The fourth-order valence-corrected chi connectivity index (χ4v) is 4.58. The second kappa shape index (κ2) is 7.80. The summed E-state index contributed by atoms with van der Waals surface area (Å²) in [6, 6.07) is 17.2. The highest BCUT2D eigenvalue weighted by atomic mass is 79.9. The number of ether oxygens (including phenoxy) is 1. The molecule has 0 saturated heterocycles. The topological polar surface area (TPSA) is 59.8 Å². The van der Waals surface area contributed by atoms with Crippen molar-refractivity contribution in [1.29, 1.82) is 0 Å². The van der Waals surface area contributed by atoms with Gasteiger partial charge in [-0.1, -0.05) is 45.7 Å². The molecule has 7 heteroatoms. The lowest BCUT2D eigenvalue weighted by atomic mass is 9.98. The Bertz CT molecular complexity index is 1450. The first-order valence-electron chi connectivity index (χ1n) is 9.89. The minimum atomic E-state index is -0.665. The molecule has 1 amide bonds. The van der Waals surface area contributed by atoms with Gasteiger partial charge in [0.1, 0.15) is 11.3 Å². The van der Waals surface area contributed by atoms with E-state index in [4.69, 9.17) is 20.8 Å². The Labute approximate surface area is 197 Å². The van der Waals surface area contributed by atoms with Crippen molar-refractivity contribution < 1.29 is 13.9 Å². The summed E-state index contributed by atoms with van der Waals surface area (Å²) in [5.41, 5.74) is 2.67. The third kappa shape index (κ3) is 3.22. The van der Waals surface area contributed by atoms with Gasteiger partial charge in [0.05, 0.1) is 24.1 Å². The van der Waals surface area contributed by atoms with Crippen LogP contribution in [-0.2, 0) is 0 Å². The van der Waals surface area contributed by atoms with E-state index in [0.29, 0.717) is 33.0 Å². The van der Waals surface area contributed by atoms with Gasteiger partial charge in [-0.2, -0.15) is 0 Å². The fourth-order valence-electron chi connectivity index (χ4n) is 4.04. The molecule has 3 aromatic carbocycles. The van der Waals surface area contributed by atoms with Gasteiger partial charge in [-0.15, -0.1) is 0 Å². The quantitative estimate of drug-likeness (QED) is 0.326. The van der Waals surface area contributed by atoms with E-state index in [0.717, 1.165) is 15.6 Å². The highest BCUT2D eigenvalue weighted by molar-refractivity contribution is 9.10. The number of hydrogen-bond donors (Lipinski definition) is 0. The number of methoxy groups -OCH3 is 1. The Balaban J connectivity index is 1.80. The molecule has 1 atom stereocenters. The van der Waals surface area contributed by atoms with E-state index in [1.54, 1.807) is 48.4 Å². The number of anilines is 1. The monoisotopic (exact) mass is 509 g/mol. The predicted octanol–water partition coefficient (Wildman–Crippen LogP) is 6.28. The molecular weight excluding hydrogens is 494 g/mol. The molecule has 0 radical (unpaired) electrons. The zero-order valence-corrected chi connectivity index (χ0v) is 19.5. The Morgan fingerprint density at radius 3 is 2.47 bits per heavy atom. The second-order valence-electron chi connectivity index (χ2n) is 7.60. The number of hydrogen-bond acceptors (Lipinski definition) is 4. The van der Waals surface area contributed by atoms with Crippen molar-refractivity contribution in [2.75, 3.05) is 12.0 Å². The summed E-state index contributed by atoms with van der Waals surface area (Å²) < 4.78 is 12.0. The van der Waals surface area contributed by atoms with E-state index in [1.807, 2.05) is 31.2 Å². The Kier molecular flexibility index (Phi) is 5.07. The first kappa shape index (κ1) is 20.8. The molecular formula is C25H17BrClNO4. The Hall–Kier alpha value is -3.09. The van der Waals surface area contributed by atoms with Crippen LogP contribution in [0.5, 0.6) is 5.75 Å². The normalized spacial score (nSPS) is 15.3. The molecule has 4 aromatic rings. The summed E-state index contributed by atoms with van der Waals surface area (Å²) >= 11 is 9.79.